The van der Waals surface area contributed by atoms with E-state index < -0.39 is 23.3 Å². The van der Waals surface area contributed by atoms with Gasteiger partial charge in [-0.15, -0.1) is 22.0 Å². The fourth-order valence-electron chi connectivity index (χ4n) is 4.20. The van der Waals surface area contributed by atoms with Crippen LogP contribution >= 0.6 is 23.5 Å². The molecule has 1 saturated carbocycles. The number of allylic oxidation sites excluding steroid dienone is 1. The standard InChI is InChI=1S/C20H22N6O5S2.Na/c1-24-9-21-23-20(24)33-8-13(27)22-14-17(29)26-15(19(30)31)11(7-32-18(14)26)6-10-4-5-25(16(10)28)12-2-3-12;/h6,9,12,14,18H,2-5,7-8H2,1H3,(H,22,27)(H,30,31);/q;+1/p-1/b10-6+;/t14-,18-;/m1./s1. The average Bonchev–Trinajstić information content (AvgIpc) is 3.45. The number of fused-ring (bicyclic) bond motifs is 1. The molecule has 0 aromatic carbocycles. The first kappa shape index (κ1) is 25.3. The van der Waals surface area contributed by atoms with E-state index in [1.54, 1.807) is 17.7 Å². The van der Waals surface area contributed by atoms with Crippen molar-refractivity contribution in [3.05, 3.63) is 29.2 Å². The van der Waals surface area contributed by atoms with E-state index >= 15 is 0 Å². The van der Waals surface area contributed by atoms with Crippen molar-refractivity contribution >= 4 is 47.2 Å². The van der Waals surface area contributed by atoms with Crippen LogP contribution in [0.4, 0.5) is 0 Å². The van der Waals surface area contributed by atoms with Crippen LogP contribution in [0.5, 0.6) is 0 Å². The molecule has 34 heavy (non-hydrogen) atoms. The summed E-state index contributed by atoms with van der Waals surface area (Å²) >= 11 is 2.54. The molecule has 3 aliphatic heterocycles. The summed E-state index contributed by atoms with van der Waals surface area (Å²) in [6.45, 7) is 0.641. The normalized spacial score (nSPS) is 25.3. The van der Waals surface area contributed by atoms with Crippen LogP contribution in [0.2, 0.25) is 0 Å². The minimum Gasteiger partial charge on any atom is -0.543 e. The number of carboxylic acids is 1. The second-order valence-corrected chi connectivity index (χ2v) is 10.3. The van der Waals surface area contributed by atoms with E-state index in [9.17, 15) is 24.3 Å². The smallest absolute Gasteiger partial charge is 0.543 e. The quantitative estimate of drug-likeness (QED) is 0.166. The summed E-state index contributed by atoms with van der Waals surface area (Å²) in [5.74, 6) is -2.03. The number of likely N-dealkylation sites (tertiary alicyclic amines) is 1. The van der Waals surface area contributed by atoms with Crippen LogP contribution in [-0.4, -0.2) is 83.8 Å². The number of hydrogen-bond donors (Lipinski definition) is 1. The fourth-order valence-corrected chi connectivity index (χ4v) is 6.21. The third-order valence-electron chi connectivity index (χ3n) is 6.00. The number of aryl methyl sites for hydroxylation is 1. The Morgan fingerprint density at radius 2 is 2.12 bits per heavy atom. The summed E-state index contributed by atoms with van der Waals surface area (Å²) < 4.78 is 1.68. The van der Waals surface area contributed by atoms with Crippen molar-refractivity contribution in [3.63, 3.8) is 0 Å². The summed E-state index contributed by atoms with van der Waals surface area (Å²) in [5.41, 5.74) is 0.745. The second kappa shape index (κ2) is 10.1. The molecular formula is C20H21N6NaO5S2. The van der Waals surface area contributed by atoms with E-state index in [2.05, 4.69) is 15.5 Å². The molecule has 1 aliphatic carbocycles. The van der Waals surface area contributed by atoms with Crippen LogP contribution in [0.3, 0.4) is 0 Å². The molecule has 1 aromatic heterocycles. The average molecular weight is 513 g/mol. The fraction of sp³-hybridized carbons (Fsp3) is 0.500. The summed E-state index contributed by atoms with van der Waals surface area (Å²) in [6.07, 6.45) is 5.71. The van der Waals surface area contributed by atoms with Crippen molar-refractivity contribution in [3.8, 4) is 0 Å². The minimum absolute atomic E-state index is 0. The van der Waals surface area contributed by atoms with Crippen molar-refractivity contribution in [1.29, 1.82) is 0 Å². The number of aliphatic carboxylic acids is 1. The van der Waals surface area contributed by atoms with Gasteiger partial charge < -0.3 is 24.7 Å². The molecule has 1 N–H and O–H groups in total. The molecule has 1 aromatic rings. The number of aromatic nitrogens is 3. The topological polar surface area (TPSA) is 141 Å². The molecule has 0 radical (unpaired) electrons. The van der Waals surface area contributed by atoms with Crippen LogP contribution in [0.25, 0.3) is 0 Å². The third-order valence-corrected chi connectivity index (χ3v) is 8.34. The summed E-state index contributed by atoms with van der Waals surface area (Å²) in [4.78, 5) is 52.7. The van der Waals surface area contributed by atoms with Gasteiger partial charge >= 0.3 is 29.6 Å². The Morgan fingerprint density at radius 3 is 2.76 bits per heavy atom. The van der Waals surface area contributed by atoms with E-state index in [4.69, 9.17) is 0 Å². The molecule has 5 rings (SSSR count). The Balaban J connectivity index is 0.00000274. The number of carboxylic acid groups (broad SMARTS) is 1. The summed E-state index contributed by atoms with van der Waals surface area (Å²) in [6, 6.07) is -0.513. The van der Waals surface area contributed by atoms with Gasteiger partial charge in [0.25, 0.3) is 5.91 Å². The Labute approximate surface area is 226 Å². The molecule has 2 saturated heterocycles. The van der Waals surface area contributed by atoms with Gasteiger partial charge in [-0.1, -0.05) is 11.8 Å². The van der Waals surface area contributed by atoms with Crippen LogP contribution in [0.15, 0.2) is 34.4 Å². The number of β-lactam (4-membered cyclic amide) rings is 1. The zero-order valence-corrected chi connectivity index (χ0v) is 22.4. The van der Waals surface area contributed by atoms with Gasteiger partial charge in [0.2, 0.25) is 11.8 Å². The predicted octanol–water partition coefficient (Wildman–Crippen LogP) is -4.36. The molecule has 4 aliphatic rings. The Morgan fingerprint density at radius 1 is 1.35 bits per heavy atom. The van der Waals surface area contributed by atoms with Crippen LogP contribution in [-0.2, 0) is 26.2 Å². The minimum atomic E-state index is -1.47. The Kier molecular flexibility index (Phi) is 7.48. The van der Waals surface area contributed by atoms with Gasteiger partial charge in [0.05, 0.1) is 17.4 Å². The second-order valence-electron chi connectivity index (χ2n) is 8.28. The molecule has 0 unspecified atom stereocenters. The number of thioether (sulfide) groups is 2. The van der Waals surface area contributed by atoms with E-state index in [1.165, 1.54) is 29.9 Å². The van der Waals surface area contributed by atoms with Gasteiger partial charge in [-0.2, -0.15) is 0 Å². The summed E-state index contributed by atoms with van der Waals surface area (Å²) in [7, 11) is 1.76. The number of rotatable bonds is 7. The predicted molar refractivity (Wildman–Crippen MR) is 116 cm³/mol. The van der Waals surface area contributed by atoms with E-state index in [-0.39, 0.29) is 52.8 Å². The number of amides is 3. The Hall–Kier alpha value is -1.80. The molecule has 0 bridgehead atoms. The SMILES string of the molecule is Cn1cnnc1SCC(=O)N[C@@H]1C(=O)N2C(C(=O)[O-])=C(/C=C3\CCN(C4CC4)C3=O)CS[C@H]12.[Na+]. The molecule has 0 spiro atoms. The first-order valence-corrected chi connectivity index (χ1v) is 12.6. The number of carbonyl (C=O) groups is 4. The van der Waals surface area contributed by atoms with Crippen molar-refractivity contribution in [2.24, 2.45) is 7.05 Å². The zero-order chi connectivity index (χ0) is 23.3. The molecule has 3 amide bonds. The van der Waals surface area contributed by atoms with Crippen LogP contribution in [0, 0.1) is 0 Å². The van der Waals surface area contributed by atoms with Gasteiger partial charge in [0, 0.05) is 31.0 Å². The maximum atomic E-state index is 12.8. The number of nitrogens with zero attached hydrogens (tertiary/aromatic N) is 5. The first-order valence-electron chi connectivity index (χ1n) is 10.5. The van der Waals surface area contributed by atoms with Crippen LogP contribution in [0.1, 0.15) is 19.3 Å². The number of nitrogens with one attached hydrogen (secondary N) is 1. The van der Waals surface area contributed by atoms with Crippen molar-refractivity contribution in [2.75, 3.05) is 18.1 Å². The molecule has 174 valence electrons. The number of hydrogen-bond acceptors (Lipinski definition) is 9. The largest absolute Gasteiger partial charge is 1.00 e. The molecule has 4 heterocycles. The van der Waals surface area contributed by atoms with Gasteiger partial charge in [0.1, 0.15) is 17.7 Å². The van der Waals surface area contributed by atoms with Crippen molar-refractivity contribution in [1.82, 2.24) is 29.9 Å². The van der Waals surface area contributed by atoms with Gasteiger partial charge in [-0.3, -0.25) is 19.3 Å². The monoisotopic (exact) mass is 512 g/mol. The zero-order valence-electron chi connectivity index (χ0n) is 18.7. The summed E-state index contributed by atoms with van der Waals surface area (Å²) in [5, 5.41) is 22.3. The molecular weight excluding hydrogens is 491 g/mol. The first-order chi connectivity index (χ1) is 15.8. The van der Waals surface area contributed by atoms with E-state index in [1.807, 2.05) is 4.90 Å². The molecule has 14 heteroatoms. The molecule has 11 nitrogen and oxygen atoms in total. The van der Waals surface area contributed by atoms with E-state index in [0.717, 1.165) is 17.7 Å². The van der Waals surface area contributed by atoms with Gasteiger partial charge in [0.15, 0.2) is 5.16 Å². The van der Waals surface area contributed by atoms with E-state index in [0.29, 0.717) is 41.1 Å². The molecule has 2 atom stereocenters. The van der Waals surface area contributed by atoms with Crippen molar-refractivity contribution in [2.45, 2.75) is 41.9 Å². The molecule has 3 fully saturated rings. The van der Waals surface area contributed by atoms with Crippen molar-refractivity contribution < 1.29 is 53.8 Å². The Bertz CT molecular complexity index is 1120. The maximum Gasteiger partial charge on any atom is 1.00 e. The van der Waals surface area contributed by atoms with Gasteiger partial charge in [-0.25, -0.2) is 0 Å². The number of carbonyl (C=O) groups excluding carboxylic acids is 4. The third kappa shape index (κ3) is 4.68. The maximum absolute atomic E-state index is 12.8. The van der Waals surface area contributed by atoms with Crippen LogP contribution < -0.4 is 40.0 Å². The van der Waals surface area contributed by atoms with Gasteiger partial charge in [-0.05, 0) is 30.9 Å².